The van der Waals surface area contributed by atoms with Crippen LogP contribution in [0, 0.1) is 11.3 Å². The lowest BCUT2D eigenvalue weighted by Gasteiger charge is -2.29. The maximum atomic E-state index is 11.2. The van der Waals surface area contributed by atoms with Gasteiger partial charge in [0, 0.05) is 23.8 Å². The first-order chi connectivity index (χ1) is 16.8. The second kappa shape index (κ2) is 10.2. The predicted molar refractivity (Wildman–Crippen MR) is 131 cm³/mol. The number of aromatic nitrogens is 2. The third-order valence-electron chi connectivity index (χ3n) is 5.96. The number of nitriles is 1. The number of carbonyl (C=O) groups is 1. The summed E-state index contributed by atoms with van der Waals surface area (Å²) in [5, 5.41) is 26.0. The van der Waals surface area contributed by atoms with Crippen molar-refractivity contribution >= 4 is 17.6 Å². The Morgan fingerprint density at radius 2 is 2.03 bits per heavy atom. The molecule has 9 heteroatoms. The molecule has 35 heavy (non-hydrogen) atoms. The van der Waals surface area contributed by atoms with Gasteiger partial charge in [-0.1, -0.05) is 12.1 Å². The Bertz CT molecular complexity index is 1260. The molecule has 2 atom stereocenters. The zero-order chi connectivity index (χ0) is 25.1. The van der Waals surface area contributed by atoms with Crippen LogP contribution in [-0.2, 0) is 11.2 Å². The topological polar surface area (TPSA) is 125 Å². The highest BCUT2D eigenvalue weighted by molar-refractivity contribution is 5.73. The average molecular weight is 476 g/mol. The quantitative estimate of drug-likeness (QED) is 0.481. The number of hydrogen-bond donors (Lipinski definition) is 2. The number of fused-ring (bicyclic) bond motifs is 1. The van der Waals surface area contributed by atoms with E-state index in [1.165, 1.54) is 0 Å². The standard InChI is InChI=1S/C26H29N5O4/c1-15(2)34-23-10-8-20(13-21(23)14-27)24-29-26(30-35-24)31-11-5-6-19-12-18(7-9-22(19)31)16(3)28-17(4)25(32)33/h7-10,12-13,15-17,28H,5-6,11H2,1-4H3,(H,32,33). The lowest BCUT2D eigenvalue weighted by molar-refractivity contribution is -0.139. The molecule has 3 aromatic rings. The molecule has 2 heterocycles. The number of hydrogen-bond acceptors (Lipinski definition) is 8. The monoisotopic (exact) mass is 475 g/mol. The molecule has 4 rings (SSSR count). The fourth-order valence-electron chi connectivity index (χ4n) is 4.19. The number of nitrogens with one attached hydrogen (secondary N) is 1. The molecule has 2 N–H and O–H groups in total. The molecular formula is C26H29N5O4. The van der Waals surface area contributed by atoms with E-state index in [4.69, 9.17) is 9.26 Å². The van der Waals surface area contributed by atoms with E-state index in [-0.39, 0.29) is 12.1 Å². The van der Waals surface area contributed by atoms with Gasteiger partial charge in [0.1, 0.15) is 17.9 Å². The van der Waals surface area contributed by atoms with Crippen molar-refractivity contribution in [2.24, 2.45) is 0 Å². The van der Waals surface area contributed by atoms with Crippen LogP contribution in [0.3, 0.4) is 0 Å². The van der Waals surface area contributed by atoms with Crippen molar-refractivity contribution in [3.8, 4) is 23.3 Å². The van der Waals surface area contributed by atoms with E-state index < -0.39 is 12.0 Å². The number of benzene rings is 2. The number of anilines is 2. The smallest absolute Gasteiger partial charge is 0.320 e. The Morgan fingerprint density at radius 3 is 2.74 bits per heavy atom. The molecule has 0 saturated heterocycles. The van der Waals surface area contributed by atoms with Gasteiger partial charge in [-0.25, -0.2) is 0 Å². The van der Waals surface area contributed by atoms with Crippen LogP contribution in [0.2, 0.25) is 0 Å². The van der Waals surface area contributed by atoms with Gasteiger partial charge in [-0.15, -0.1) is 0 Å². The first-order valence-corrected chi connectivity index (χ1v) is 11.7. The van der Waals surface area contributed by atoms with Crippen molar-refractivity contribution < 1.29 is 19.2 Å². The SMILES string of the molecule is CC(C)Oc1ccc(-c2nc(N3CCCc4cc(C(C)NC(C)C(=O)O)ccc43)no2)cc1C#N. The molecule has 0 aliphatic carbocycles. The Morgan fingerprint density at radius 1 is 1.23 bits per heavy atom. The number of rotatable bonds is 8. The molecule has 0 saturated carbocycles. The molecule has 0 spiro atoms. The Balaban J connectivity index is 1.57. The number of nitrogens with zero attached hydrogens (tertiary/aromatic N) is 4. The second-order valence-electron chi connectivity index (χ2n) is 8.98. The number of aliphatic carboxylic acids is 1. The van der Waals surface area contributed by atoms with Gasteiger partial charge in [0.05, 0.1) is 11.7 Å². The number of aryl methyl sites for hydroxylation is 1. The summed E-state index contributed by atoms with van der Waals surface area (Å²) in [5.41, 5.74) is 4.24. The maximum Gasteiger partial charge on any atom is 0.320 e. The summed E-state index contributed by atoms with van der Waals surface area (Å²) >= 11 is 0. The summed E-state index contributed by atoms with van der Waals surface area (Å²) in [7, 11) is 0. The fraction of sp³-hybridized carbons (Fsp3) is 0.385. The Hall–Kier alpha value is -3.90. The highest BCUT2D eigenvalue weighted by Gasteiger charge is 2.24. The molecule has 1 aliphatic rings. The highest BCUT2D eigenvalue weighted by atomic mass is 16.5. The van der Waals surface area contributed by atoms with Gasteiger partial charge in [-0.2, -0.15) is 10.2 Å². The molecule has 182 valence electrons. The van der Waals surface area contributed by atoms with Gasteiger partial charge in [-0.3, -0.25) is 10.1 Å². The van der Waals surface area contributed by atoms with Crippen molar-refractivity contribution in [1.29, 1.82) is 5.26 Å². The van der Waals surface area contributed by atoms with Gasteiger partial charge in [0.2, 0.25) is 0 Å². The largest absolute Gasteiger partial charge is 0.490 e. The van der Waals surface area contributed by atoms with E-state index in [0.717, 1.165) is 36.2 Å². The van der Waals surface area contributed by atoms with Gasteiger partial charge in [0.25, 0.3) is 11.8 Å². The molecule has 2 unspecified atom stereocenters. The molecule has 2 aromatic carbocycles. The fourth-order valence-corrected chi connectivity index (χ4v) is 4.19. The minimum absolute atomic E-state index is 0.0398. The lowest BCUT2D eigenvalue weighted by atomic mass is 9.96. The van der Waals surface area contributed by atoms with Crippen LogP contribution >= 0.6 is 0 Å². The zero-order valence-corrected chi connectivity index (χ0v) is 20.3. The normalized spacial score (nSPS) is 14.8. The summed E-state index contributed by atoms with van der Waals surface area (Å²) < 4.78 is 11.2. The number of ether oxygens (including phenoxy) is 1. The third kappa shape index (κ3) is 5.28. The van der Waals surface area contributed by atoms with E-state index >= 15 is 0 Å². The summed E-state index contributed by atoms with van der Waals surface area (Å²) in [4.78, 5) is 17.8. The minimum Gasteiger partial charge on any atom is -0.490 e. The van der Waals surface area contributed by atoms with E-state index in [2.05, 4.69) is 27.6 Å². The molecule has 0 amide bonds. The number of carboxylic acid groups (broad SMARTS) is 1. The first-order valence-electron chi connectivity index (χ1n) is 11.7. The van der Waals surface area contributed by atoms with Crippen LogP contribution in [0.25, 0.3) is 11.5 Å². The van der Waals surface area contributed by atoms with Gasteiger partial charge in [0.15, 0.2) is 0 Å². The van der Waals surface area contributed by atoms with Gasteiger partial charge in [-0.05, 0) is 81.1 Å². The molecule has 9 nitrogen and oxygen atoms in total. The Labute approximate surface area is 204 Å². The van der Waals surface area contributed by atoms with Crippen LogP contribution in [0.4, 0.5) is 11.6 Å². The second-order valence-corrected chi connectivity index (χ2v) is 8.98. The maximum absolute atomic E-state index is 11.2. The molecule has 1 aromatic heterocycles. The molecule has 0 fully saturated rings. The van der Waals surface area contributed by atoms with E-state index in [9.17, 15) is 15.2 Å². The molecular weight excluding hydrogens is 446 g/mol. The zero-order valence-electron chi connectivity index (χ0n) is 20.3. The molecule has 1 aliphatic heterocycles. The summed E-state index contributed by atoms with van der Waals surface area (Å²) in [5.74, 6) is 0.434. The van der Waals surface area contributed by atoms with E-state index in [1.807, 2.05) is 37.8 Å². The molecule has 0 bridgehead atoms. The summed E-state index contributed by atoms with van der Waals surface area (Å²) in [6, 6.07) is 12.8. The van der Waals surface area contributed by atoms with Crippen molar-refractivity contribution in [3.63, 3.8) is 0 Å². The third-order valence-corrected chi connectivity index (χ3v) is 5.96. The average Bonchev–Trinajstić information content (AvgIpc) is 3.33. The summed E-state index contributed by atoms with van der Waals surface area (Å²) in [6.07, 6.45) is 1.80. The van der Waals surface area contributed by atoms with Crippen LogP contribution in [0.1, 0.15) is 56.8 Å². The highest BCUT2D eigenvalue weighted by Crippen LogP contribution is 2.35. The summed E-state index contributed by atoms with van der Waals surface area (Å²) in [6.45, 7) is 8.16. The van der Waals surface area contributed by atoms with Crippen LogP contribution in [0.5, 0.6) is 5.75 Å². The van der Waals surface area contributed by atoms with Crippen molar-refractivity contribution in [2.45, 2.75) is 58.7 Å². The van der Waals surface area contributed by atoms with Crippen molar-refractivity contribution in [2.75, 3.05) is 11.4 Å². The van der Waals surface area contributed by atoms with Gasteiger partial charge >= 0.3 is 5.97 Å². The van der Waals surface area contributed by atoms with Crippen molar-refractivity contribution in [3.05, 3.63) is 53.1 Å². The van der Waals surface area contributed by atoms with E-state index in [0.29, 0.717) is 28.7 Å². The first kappa shape index (κ1) is 24.2. The van der Waals surface area contributed by atoms with E-state index in [1.54, 1.807) is 25.1 Å². The van der Waals surface area contributed by atoms with Crippen LogP contribution in [-0.4, -0.2) is 39.9 Å². The van der Waals surface area contributed by atoms with Crippen LogP contribution in [0.15, 0.2) is 40.9 Å². The number of carboxylic acids is 1. The van der Waals surface area contributed by atoms with Crippen molar-refractivity contribution in [1.82, 2.24) is 15.5 Å². The van der Waals surface area contributed by atoms with Crippen LogP contribution < -0.4 is 15.0 Å². The Kier molecular flexibility index (Phi) is 7.03. The minimum atomic E-state index is -0.877. The lowest BCUT2D eigenvalue weighted by Crippen LogP contribution is -2.35. The molecule has 0 radical (unpaired) electrons. The predicted octanol–water partition coefficient (Wildman–Crippen LogP) is 4.60. The van der Waals surface area contributed by atoms with Gasteiger partial charge < -0.3 is 19.3 Å².